The smallest absolute Gasteiger partial charge is 0.315 e. The maximum Gasteiger partial charge on any atom is 0.315 e. The molecule has 0 heterocycles. The molecule has 3 amide bonds. The quantitative estimate of drug-likeness (QED) is 0.507. The molecule has 0 bridgehead atoms. The molecule has 1 atom stereocenters. The Balaban J connectivity index is 2.17. The van der Waals surface area contributed by atoms with Gasteiger partial charge in [-0.2, -0.15) is 0 Å². The van der Waals surface area contributed by atoms with Crippen molar-refractivity contribution in [1.29, 1.82) is 0 Å². The number of urea groups is 1. The molecule has 1 aromatic carbocycles. The molecular weight excluding hydrogens is 298 g/mol. The van der Waals surface area contributed by atoms with Crippen LogP contribution >= 0.6 is 0 Å². The number of carboxylic acid groups (broad SMARTS) is 1. The minimum atomic E-state index is -0.904. The monoisotopic (exact) mass is 321 g/mol. The van der Waals surface area contributed by atoms with Gasteiger partial charge in [-0.05, 0) is 25.3 Å². The molecule has 7 nitrogen and oxygen atoms in total. The van der Waals surface area contributed by atoms with Crippen LogP contribution < -0.4 is 16.0 Å². The molecule has 7 heteroatoms. The summed E-state index contributed by atoms with van der Waals surface area (Å²) in [4.78, 5) is 33.7. The minimum Gasteiger partial charge on any atom is -0.481 e. The summed E-state index contributed by atoms with van der Waals surface area (Å²) in [6.45, 7) is 2.34. The molecule has 0 aliphatic heterocycles. The summed E-state index contributed by atoms with van der Waals surface area (Å²) in [5.74, 6) is -1.17. The van der Waals surface area contributed by atoms with Crippen LogP contribution in [0.4, 0.5) is 4.79 Å². The minimum absolute atomic E-state index is 0.00416. The first-order valence-corrected chi connectivity index (χ1v) is 7.57. The predicted molar refractivity (Wildman–Crippen MR) is 86.0 cm³/mol. The second kappa shape index (κ2) is 10.2. The highest BCUT2D eigenvalue weighted by Crippen LogP contribution is 1.98. The van der Waals surface area contributed by atoms with E-state index in [1.807, 2.05) is 30.3 Å². The van der Waals surface area contributed by atoms with Crippen LogP contribution in [-0.4, -0.2) is 42.1 Å². The number of hydrogen-bond acceptors (Lipinski definition) is 3. The van der Waals surface area contributed by atoms with Gasteiger partial charge in [0.1, 0.15) is 6.04 Å². The van der Waals surface area contributed by atoms with E-state index in [1.165, 1.54) is 0 Å². The molecule has 0 spiro atoms. The molecule has 0 aliphatic rings. The lowest BCUT2D eigenvalue weighted by atomic mass is 10.1. The van der Waals surface area contributed by atoms with Gasteiger partial charge < -0.3 is 21.1 Å². The Labute approximate surface area is 135 Å². The lowest BCUT2D eigenvalue weighted by molar-refractivity contribution is -0.137. The van der Waals surface area contributed by atoms with Gasteiger partial charge in [0.25, 0.3) is 0 Å². The van der Waals surface area contributed by atoms with E-state index in [0.29, 0.717) is 13.0 Å². The molecule has 1 rings (SSSR count). The van der Waals surface area contributed by atoms with E-state index in [9.17, 15) is 14.4 Å². The van der Waals surface area contributed by atoms with E-state index in [4.69, 9.17) is 5.11 Å². The van der Waals surface area contributed by atoms with Crippen molar-refractivity contribution in [3.05, 3.63) is 35.9 Å². The number of hydrogen-bond donors (Lipinski definition) is 4. The lowest BCUT2D eigenvalue weighted by Crippen LogP contribution is -2.48. The van der Waals surface area contributed by atoms with E-state index in [0.717, 1.165) is 12.0 Å². The standard InChI is InChI=1S/C16H23N3O4/c1-12(19-16(23)18-10-5-8-14(20)21)15(22)17-11-9-13-6-3-2-4-7-13/h2-4,6-7,12H,5,8-11H2,1H3,(H,17,22)(H,20,21)(H2,18,19,23)/t12-/m1/s1. The Morgan fingerprint density at radius 2 is 1.78 bits per heavy atom. The highest BCUT2D eigenvalue weighted by Gasteiger charge is 2.14. The molecule has 0 saturated carbocycles. The summed E-state index contributed by atoms with van der Waals surface area (Å²) < 4.78 is 0. The second-order valence-electron chi connectivity index (χ2n) is 5.15. The molecule has 4 N–H and O–H groups in total. The van der Waals surface area contributed by atoms with Crippen LogP contribution in [-0.2, 0) is 16.0 Å². The van der Waals surface area contributed by atoms with Gasteiger partial charge in [-0.1, -0.05) is 30.3 Å². The van der Waals surface area contributed by atoms with Gasteiger partial charge in [-0.3, -0.25) is 9.59 Å². The molecule has 0 saturated heterocycles. The van der Waals surface area contributed by atoms with Gasteiger partial charge in [0.15, 0.2) is 0 Å². The average molecular weight is 321 g/mol. The SMILES string of the molecule is C[C@@H](NC(=O)NCCCC(=O)O)C(=O)NCCc1ccccc1. The number of carboxylic acids is 1. The topological polar surface area (TPSA) is 108 Å². The van der Waals surface area contributed by atoms with Crippen molar-refractivity contribution in [2.75, 3.05) is 13.1 Å². The van der Waals surface area contributed by atoms with Crippen LogP contribution in [0.25, 0.3) is 0 Å². The Kier molecular flexibility index (Phi) is 8.20. The van der Waals surface area contributed by atoms with Crippen LogP contribution in [0.5, 0.6) is 0 Å². The van der Waals surface area contributed by atoms with Crippen molar-refractivity contribution in [2.45, 2.75) is 32.2 Å². The largest absolute Gasteiger partial charge is 0.481 e. The first kappa shape index (κ1) is 18.5. The summed E-state index contributed by atoms with van der Waals surface area (Å²) >= 11 is 0. The van der Waals surface area contributed by atoms with Crippen LogP contribution in [0, 0.1) is 0 Å². The predicted octanol–water partition coefficient (Wildman–Crippen LogP) is 0.898. The fourth-order valence-corrected chi connectivity index (χ4v) is 1.88. The van der Waals surface area contributed by atoms with Crippen molar-refractivity contribution in [3.63, 3.8) is 0 Å². The zero-order valence-corrected chi connectivity index (χ0v) is 13.2. The number of aliphatic carboxylic acids is 1. The average Bonchev–Trinajstić information content (AvgIpc) is 2.52. The number of rotatable bonds is 9. The first-order valence-electron chi connectivity index (χ1n) is 7.57. The van der Waals surface area contributed by atoms with Gasteiger partial charge in [0, 0.05) is 19.5 Å². The molecule has 0 fully saturated rings. The first-order chi connectivity index (χ1) is 11.0. The molecular formula is C16H23N3O4. The third-order valence-electron chi connectivity index (χ3n) is 3.15. The van der Waals surface area contributed by atoms with Crippen LogP contribution in [0.2, 0.25) is 0 Å². The van der Waals surface area contributed by atoms with Crippen molar-refractivity contribution in [2.24, 2.45) is 0 Å². The number of carbonyl (C=O) groups excluding carboxylic acids is 2. The molecule has 126 valence electrons. The Morgan fingerprint density at radius 1 is 1.09 bits per heavy atom. The summed E-state index contributed by atoms with van der Waals surface area (Å²) in [5, 5.41) is 16.3. The van der Waals surface area contributed by atoms with E-state index < -0.39 is 18.0 Å². The maximum atomic E-state index is 11.9. The van der Waals surface area contributed by atoms with E-state index in [1.54, 1.807) is 6.92 Å². The molecule has 1 aromatic rings. The summed E-state index contributed by atoms with van der Waals surface area (Å²) in [7, 11) is 0. The zero-order valence-electron chi connectivity index (χ0n) is 13.2. The van der Waals surface area contributed by atoms with Crippen LogP contribution in [0.15, 0.2) is 30.3 Å². The zero-order chi connectivity index (χ0) is 17.1. The number of carbonyl (C=O) groups is 3. The Morgan fingerprint density at radius 3 is 2.43 bits per heavy atom. The highest BCUT2D eigenvalue weighted by atomic mass is 16.4. The van der Waals surface area contributed by atoms with Crippen LogP contribution in [0.3, 0.4) is 0 Å². The molecule has 0 radical (unpaired) electrons. The van der Waals surface area contributed by atoms with Crippen molar-refractivity contribution >= 4 is 17.9 Å². The molecule has 0 aromatic heterocycles. The van der Waals surface area contributed by atoms with Crippen molar-refractivity contribution < 1.29 is 19.5 Å². The third kappa shape index (κ3) is 8.45. The van der Waals surface area contributed by atoms with E-state index in [2.05, 4.69) is 16.0 Å². The normalized spacial score (nSPS) is 11.3. The van der Waals surface area contributed by atoms with Crippen molar-refractivity contribution in [1.82, 2.24) is 16.0 Å². The van der Waals surface area contributed by atoms with Crippen LogP contribution in [0.1, 0.15) is 25.3 Å². The number of amides is 3. The molecule has 0 aliphatic carbocycles. The van der Waals surface area contributed by atoms with Gasteiger partial charge in [0.05, 0.1) is 0 Å². The van der Waals surface area contributed by atoms with Gasteiger partial charge in [-0.15, -0.1) is 0 Å². The van der Waals surface area contributed by atoms with E-state index >= 15 is 0 Å². The Bertz CT molecular complexity index is 519. The van der Waals surface area contributed by atoms with E-state index in [-0.39, 0.29) is 18.9 Å². The van der Waals surface area contributed by atoms with Gasteiger partial charge >= 0.3 is 12.0 Å². The van der Waals surface area contributed by atoms with Gasteiger partial charge in [0.2, 0.25) is 5.91 Å². The third-order valence-corrected chi connectivity index (χ3v) is 3.15. The highest BCUT2D eigenvalue weighted by molar-refractivity contribution is 5.86. The van der Waals surface area contributed by atoms with Gasteiger partial charge in [-0.25, -0.2) is 4.79 Å². The summed E-state index contributed by atoms with van der Waals surface area (Å²) in [5.41, 5.74) is 1.13. The van der Waals surface area contributed by atoms with Crippen molar-refractivity contribution in [3.8, 4) is 0 Å². The number of nitrogens with one attached hydrogen (secondary N) is 3. The molecule has 23 heavy (non-hydrogen) atoms. The summed E-state index contributed by atoms with van der Waals surface area (Å²) in [6, 6.07) is 8.64. The fourth-order valence-electron chi connectivity index (χ4n) is 1.88. The second-order valence-corrected chi connectivity index (χ2v) is 5.15. The maximum absolute atomic E-state index is 11.9. The Hall–Kier alpha value is -2.57. The number of benzene rings is 1. The summed E-state index contributed by atoms with van der Waals surface area (Å²) in [6.07, 6.45) is 1.07. The lowest BCUT2D eigenvalue weighted by Gasteiger charge is -2.14. The molecule has 0 unspecified atom stereocenters. The fraction of sp³-hybridized carbons (Fsp3) is 0.438.